The minimum Gasteiger partial charge on any atom is -0.435 e. The van der Waals surface area contributed by atoms with Gasteiger partial charge in [0.15, 0.2) is 6.10 Å². The van der Waals surface area contributed by atoms with Crippen molar-refractivity contribution in [3.8, 4) is 11.4 Å². The smallest absolute Gasteiger partial charge is 0.413 e. The van der Waals surface area contributed by atoms with Crippen LogP contribution >= 0.6 is 0 Å². The number of hydrogen-bond acceptors (Lipinski definition) is 6. The molecule has 1 amide bonds. The Labute approximate surface area is 172 Å². The second-order valence-corrected chi connectivity index (χ2v) is 7.30. The second-order valence-electron chi connectivity index (χ2n) is 7.30. The zero-order valence-corrected chi connectivity index (χ0v) is 15.9. The molecule has 0 bridgehead atoms. The molecular formula is C19H16F4N6O2. The first-order valence-corrected chi connectivity index (χ1v) is 9.57. The van der Waals surface area contributed by atoms with Crippen LogP contribution in [0.4, 0.5) is 28.2 Å². The van der Waals surface area contributed by atoms with E-state index in [0.29, 0.717) is 18.5 Å². The quantitative estimate of drug-likeness (QED) is 0.612. The number of fused-ring (bicyclic) bond motifs is 2. The van der Waals surface area contributed by atoms with E-state index in [9.17, 15) is 22.4 Å². The summed E-state index contributed by atoms with van der Waals surface area (Å²) in [5.41, 5.74) is 0.293. The first-order valence-electron chi connectivity index (χ1n) is 9.57. The van der Waals surface area contributed by atoms with Crippen molar-refractivity contribution in [1.29, 1.82) is 0 Å². The van der Waals surface area contributed by atoms with Crippen LogP contribution in [-0.2, 0) is 4.74 Å². The van der Waals surface area contributed by atoms with Gasteiger partial charge in [-0.15, -0.1) is 0 Å². The van der Waals surface area contributed by atoms with Crippen LogP contribution in [0.3, 0.4) is 0 Å². The lowest BCUT2D eigenvalue weighted by Gasteiger charge is -2.27. The molecule has 2 aliphatic rings. The third-order valence-corrected chi connectivity index (χ3v) is 5.43. The summed E-state index contributed by atoms with van der Waals surface area (Å²) >= 11 is 0. The summed E-state index contributed by atoms with van der Waals surface area (Å²) in [6.45, 7) is 0.706. The number of piperidine rings is 1. The van der Waals surface area contributed by atoms with Crippen LogP contribution in [0.1, 0.15) is 24.1 Å². The van der Waals surface area contributed by atoms with Gasteiger partial charge in [-0.2, -0.15) is 5.10 Å². The molecule has 1 aromatic carbocycles. The van der Waals surface area contributed by atoms with Crippen LogP contribution in [0.5, 0.6) is 0 Å². The largest absolute Gasteiger partial charge is 0.435 e. The van der Waals surface area contributed by atoms with E-state index < -0.39 is 36.7 Å². The molecule has 12 heteroatoms. The molecule has 5 rings (SSSR count). The average molecular weight is 436 g/mol. The lowest BCUT2D eigenvalue weighted by Crippen LogP contribution is -2.39. The Morgan fingerprint density at radius 1 is 1.23 bits per heavy atom. The highest BCUT2D eigenvalue weighted by Gasteiger charge is 2.39. The molecule has 0 aliphatic carbocycles. The fourth-order valence-corrected chi connectivity index (χ4v) is 4.05. The van der Waals surface area contributed by atoms with E-state index in [2.05, 4.69) is 25.7 Å². The monoisotopic (exact) mass is 436 g/mol. The first kappa shape index (κ1) is 19.7. The Kier molecular flexibility index (Phi) is 4.73. The fourth-order valence-electron chi connectivity index (χ4n) is 4.05. The maximum Gasteiger partial charge on any atom is 0.413 e. The van der Waals surface area contributed by atoms with Gasteiger partial charge < -0.3 is 10.1 Å². The molecule has 2 aromatic heterocycles. The minimum atomic E-state index is -3.06. The zero-order chi connectivity index (χ0) is 21.7. The number of hydrogen-bond donors (Lipinski definition) is 2. The molecule has 2 N–H and O–H groups in total. The molecule has 162 valence electrons. The Balaban J connectivity index is 1.74. The highest BCUT2D eigenvalue weighted by Crippen LogP contribution is 2.41. The summed E-state index contributed by atoms with van der Waals surface area (Å²) in [4.78, 5) is 19.6. The van der Waals surface area contributed by atoms with Crippen molar-refractivity contribution in [2.45, 2.75) is 31.2 Å². The molecule has 8 nitrogen and oxygen atoms in total. The van der Waals surface area contributed by atoms with E-state index in [-0.39, 0.29) is 34.7 Å². The number of nitrogens with one attached hydrogen (secondary N) is 2. The molecule has 2 aliphatic heterocycles. The van der Waals surface area contributed by atoms with Crippen LogP contribution in [-0.4, -0.2) is 51.5 Å². The lowest BCUT2D eigenvalue weighted by molar-refractivity contribution is -0.0170. The Morgan fingerprint density at radius 2 is 2.06 bits per heavy atom. The summed E-state index contributed by atoms with van der Waals surface area (Å²) in [5, 5.41) is 9.97. The third-order valence-electron chi connectivity index (χ3n) is 5.43. The number of cyclic esters (lactones) is 1. The van der Waals surface area contributed by atoms with Crippen molar-refractivity contribution >= 4 is 22.8 Å². The molecule has 3 aromatic rings. The van der Waals surface area contributed by atoms with Crippen LogP contribution in [0, 0.1) is 5.82 Å². The van der Waals surface area contributed by atoms with E-state index in [1.165, 1.54) is 22.9 Å². The summed E-state index contributed by atoms with van der Waals surface area (Å²) in [6.07, 6.45) is -5.78. The summed E-state index contributed by atoms with van der Waals surface area (Å²) in [5.74, 6) is -0.718. The average Bonchev–Trinajstić information content (AvgIpc) is 3.11. The molecule has 0 unspecified atom stereocenters. The van der Waals surface area contributed by atoms with Crippen LogP contribution in [0.2, 0.25) is 0 Å². The first-order chi connectivity index (χ1) is 14.9. The Hall–Kier alpha value is -3.28. The number of carbonyl (C=O) groups excluding carboxylic acids is 1. The number of amides is 1. The number of ether oxygens (including phenoxy) is 1. The summed E-state index contributed by atoms with van der Waals surface area (Å²) in [7, 11) is 0. The Morgan fingerprint density at radius 3 is 2.84 bits per heavy atom. The summed E-state index contributed by atoms with van der Waals surface area (Å²) in [6, 6.07) is 3.25. The van der Waals surface area contributed by atoms with Crippen molar-refractivity contribution in [1.82, 2.24) is 25.1 Å². The number of anilines is 1. The zero-order valence-electron chi connectivity index (χ0n) is 15.9. The van der Waals surface area contributed by atoms with Gasteiger partial charge in [-0.1, -0.05) is 0 Å². The van der Waals surface area contributed by atoms with Gasteiger partial charge in [-0.05, 0) is 31.2 Å². The molecule has 31 heavy (non-hydrogen) atoms. The van der Waals surface area contributed by atoms with Gasteiger partial charge in [-0.3, -0.25) is 10.00 Å². The molecule has 4 heterocycles. The number of carbonyl (C=O) groups is 1. The topological polar surface area (TPSA) is 94.0 Å². The number of aromatic nitrogens is 4. The highest BCUT2D eigenvalue weighted by molar-refractivity contribution is 5.96. The normalized spacial score (nSPS) is 23.5. The molecule has 1 fully saturated rings. The van der Waals surface area contributed by atoms with E-state index in [0.717, 1.165) is 6.33 Å². The Bertz CT molecular complexity index is 1170. The lowest BCUT2D eigenvalue weighted by atomic mass is 10.0. The predicted octanol–water partition coefficient (Wildman–Crippen LogP) is 3.37. The van der Waals surface area contributed by atoms with Gasteiger partial charge in [0.25, 0.3) is 6.43 Å². The number of benzene rings is 1. The number of halogens is 4. The SMILES string of the molecule is O=C1Nc2ncnc(-c3nn([C@H]4CCNC[C@H]4F)c4ccc(F)cc34)c2[C@H](C(F)F)O1. The molecule has 1 saturated heterocycles. The van der Waals surface area contributed by atoms with Gasteiger partial charge in [0.2, 0.25) is 0 Å². The van der Waals surface area contributed by atoms with Crippen LogP contribution in [0.25, 0.3) is 22.3 Å². The van der Waals surface area contributed by atoms with Gasteiger partial charge in [-0.25, -0.2) is 32.3 Å². The molecule has 0 radical (unpaired) electrons. The van der Waals surface area contributed by atoms with E-state index in [1.54, 1.807) is 0 Å². The van der Waals surface area contributed by atoms with E-state index in [1.807, 2.05) is 0 Å². The van der Waals surface area contributed by atoms with Gasteiger partial charge >= 0.3 is 6.09 Å². The van der Waals surface area contributed by atoms with Crippen molar-refractivity contribution in [3.63, 3.8) is 0 Å². The standard InChI is InChI=1S/C19H16F4N6O2/c20-8-1-2-11-9(5-8)14(28-29(11)12-3-4-24-6-10(12)21)15-13-16(17(22)23)31-19(30)27-18(13)26-7-25-15/h1-2,5,7,10,12,16-17,24H,3-4,6H2,(H,25,26,27,30)/t10-,12+,16-/m1/s1. The van der Waals surface area contributed by atoms with Crippen molar-refractivity contribution in [2.24, 2.45) is 0 Å². The number of rotatable bonds is 3. The predicted molar refractivity (Wildman–Crippen MR) is 101 cm³/mol. The van der Waals surface area contributed by atoms with Crippen molar-refractivity contribution < 1.29 is 27.1 Å². The number of alkyl halides is 3. The second kappa shape index (κ2) is 7.45. The fraction of sp³-hybridized carbons (Fsp3) is 0.368. The van der Waals surface area contributed by atoms with E-state index >= 15 is 0 Å². The molecule has 3 atom stereocenters. The summed E-state index contributed by atoms with van der Waals surface area (Å²) < 4.78 is 62.3. The van der Waals surface area contributed by atoms with Crippen LogP contribution in [0.15, 0.2) is 24.5 Å². The number of nitrogens with zero attached hydrogens (tertiary/aromatic N) is 4. The van der Waals surface area contributed by atoms with Gasteiger partial charge in [0.05, 0.1) is 17.1 Å². The van der Waals surface area contributed by atoms with Crippen molar-refractivity contribution in [2.75, 3.05) is 18.4 Å². The van der Waals surface area contributed by atoms with Gasteiger partial charge in [0, 0.05) is 11.9 Å². The maximum atomic E-state index is 14.6. The van der Waals surface area contributed by atoms with Crippen molar-refractivity contribution in [3.05, 3.63) is 35.9 Å². The highest BCUT2D eigenvalue weighted by atomic mass is 19.3. The minimum absolute atomic E-state index is 0.0472. The van der Waals surface area contributed by atoms with Gasteiger partial charge in [0.1, 0.15) is 35.5 Å². The van der Waals surface area contributed by atoms with E-state index in [4.69, 9.17) is 4.74 Å². The van der Waals surface area contributed by atoms with Crippen LogP contribution < -0.4 is 10.6 Å². The maximum absolute atomic E-state index is 14.6. The molecule has 0 spiro atoms. The third kappa shape index (κ3) is 3.26. The molecular weight excluding hydrogens is 420 g/mol. The molecule has 0 saturated carbocycles.